The zero-order valence-electron chi connectivity index (χ0n) is 31.1. The molecular weight excluding hydrogens is 705 g/mol. The molecule has 0 spiro atoms. The molecule has 12 heteroatoms. The first-order chi connectivity index (χ1) is 27.4. The fourth-order valence-corrected chi connectivity index (χ4v) is 6.30. The van der Waals surface area contributed by atoms with Crippen LogP contribution in [-0.4, -0.2) is 61.3 Å². The summed E-state index contributed by atoms with van der Waals surface area (Å²) in [6.45, 7) is 0. The number of nitrogens with one attached hydrogen (secondary N) is 4. The van der Waals surface area contributed by atoms with Gasteiger partial charge in [0.1, 0.15) is 34.4 Å². The molecule has 2 heterocycles. The maximum Gasteiger partial charge on any atom is 0.130 e. The Morgan fingerprint density at radius 1 is 0.464 bits per heavy atom. The molecular formula is C44H38N8O4. The molecule has 0 unspecified atom stereocenters. The SMILES string of the molecule is COc1ccc(C2=CC=C(c3ccc(C4=CC=C(c5ccc(OC)cc5OC)C(=NNc5ccncc5)C4=N)cc3)C(=NNc3ccncc3)C2=N)c(OC)c1. The summed E-state index contributed by atoms with van der Waals surface area (Å²) in [6, 6.07) is 26.1. The highest BCUT2D eigenvalue weighted by atomic mass is 16.5. The lowest BCUT2D eigenvalue weighted by molar-refractivity contribution is 0.393. The summed E-state index contributed by atoms with van der Waals surface area (Å²) in [5.74, 6) is 2.46. The van der Waals surface area contributed by atoms with Crippen molar-refractivity contribution in [3.05, 3.63) is 156 Å². The minimum Gasteiger partial charge on any atom is -0.497 e. The number of rotatable bonds is 12. The molecule has 0 fully saturated rings. The third-order valence-electron chi connectivity index (χ3n) is 9.21. The van der Waals surface area contributed by atoms with Crippen LogP contribution in [0.4, 0.5) is 11.4 Å². The first kappa shape index (κ1) is 36.7. The van der Waals surface area contributed by atoms with Gasteiger partial charge in [0.25, 0.3) is 0 Å². The van der Waals surface area contributed by atoms with Gasteiger partial charge < -0.3 is 18.9 Å². The number of allylic oxidation sites excluding steroid dienone is 8. The van der Waals surface area contributed by atoms with Crippen LogP contribution in [0.1, 0.15) is 22.3 Å². The predicted molar refractivity (Wildman–Crippen MR) is 223 cm³/mol. The summed E-state index contributed by atoms with van der Waals surface area (Å²) in [5.41, 5.74) is 14.9. The quantitative estimate of drug-likeness (QED) is 0.0732. The number of anilines is 2. The van der Waals surface area contributed by atoms with Gasteiger partial charge in [0.15, 0.2) is 0 Å². The zero-order chi connectivity index (χ0) is 39.0. The summed E-state index contributed by atoms with van der Waals surface area (Å²) in [7, 11) is 6.39. The average molecular weight is 743 g/mol. The second-order valence-electron chi connectivity index (χ2n) is 12.4. The molecule has 0 aliphatic heterocycles. The van der Waals surface area contributed by atoms with Crippen molar-refractivity contribution in [1.29, 1.82) is 10.8 Å². The Bertz CT molecular complexity index is 2490. The van der Waals surface area contributed by atoms with Gasteiger partial charge in [-0.2, -0.15) is 10.2 Å². The molecule has 2 aliphatic carbocycles. The van der Waals surface area contributed by atoms with E-state index in [2.05, 4.69) is 20.8 Å². The molecule has 56 heavy (non-hydrogen) atoms. The fourth-order valence-electron chi connectivity index (χ4n) is 6.30. The summed E-state index contributed by atoms with van der Waals surface area (Å²) in [6.07, 6.45) is 14.4. The van der Waals surface area contributed by atoms with Crippen molar-refractivity contribution in [3.63, 3.8) is 0 Å². The second kappa shape index (κ2) is 16.6. The highest BCUT2D eigenvalue weighted by Crippen LogP contribution is 2.37. The maximum absolute atomic E-state index is 9.44. The van der Waals surface area contributed by atoms with Gasteiger partial charge in [-0.1, -0.05) is 48.6 Å². The van der Waals surface area contributed by atoms with Crippen LogP contribution in [0, 0.1) is 10.8 Å². The van der Waals surface area contributed by atoms with Crippen molar-refractivity contribution in [2.24, 2.45) is 10.2 Å². The number of pyridine rings is 2. The van der Waals surface area contributed by atoms with Gasteiger partial charge in [0.2, 0.25) is 0 Å². The Labute approximate surface area is 324 Å². The number of methoxy groups -OCH3 is 4. The van der Waals surface area contributed by atoms with Gasteiger partial charge in [-0.05, 0) is 59.7 Å². The van der Waals surface area contributed by atoms with Gasteiger partial charge in [-0.25, -0.2) is 0 Å². The summed E-state index contributed by atoms with van der Waals surface area (Å²) >= 11 is 0. The molecule has 0 saturated carbocycles. The molecule has 0 saturated heterocycles. The fraction of sp³-hybridized carbons (Fsp3) is 0.0909. The van der Waals surface area contributed by atoms with E-state index in [1.54, 1.807) is 89.6 Å². The van der Waals surface area contributed by atoms with E-state index >= 15 is 0 Å². The molecule has 12 nitrogen and oxygen atoms in total. The van der Waals surface area contributed by atoms with E-state index in [1.807, 2.05) is 72.8 Å². The highest BCUT2D eigenvalue weighted by Gasteiger charge is 2.28. The molecule has 0 atom stereocenters. The molecule has 3 aromatic carbocycles. The molecule has 0 radical (unpaired) electrons. The van der Waals surface area contributed by atoms with Crippen molar-refractivity contribution in [1.82, 2.24) is 9.97 Å². The Morgan fingerprint density at radius 3 is 1.38 bits per heavy atom. The summed E-state index contributed by atoms with van der Waals surface area (Å²) in [4.78, 5) is 8.19. The molecule has 4 N–H and O–H groups in total. The topological polar surface area (TPSA) is 159 Å². The van der Waals surface area contributed by atoms with Crippen LogP contribution < -0.4 is 29.8 Å². The van der Waals surface area contributed by atoms with Crippen LogP contribution >= 0.6 is 0 Å². The second-order valence-corrected chi connectivity index (χ2v) is 12.4. The molecule has 0 bridgehead atoms. The van der Waals surface area contributed by atoms with Gasteiger partial charge in [0, 0.05) is 70.3 Å². The molecule has 2 aromatic heterocycles. The monoisotopic (exact) mass is 742 g/mol. The van der Waals surface area contributed by atoms with Gasteiger partial charge in [-0.15, -0.1) is 0 Å². The van der Waals surface area contributed by atoms with Crippen LogP contribution in [0.25, 0.3) is 22.3 Å². The van der Waals surface area contributed by atoms with Crippen LogP contribution in [0.2, 0.25) is 0 Å². The Morgan fingerprint density at radius 2 is 0.875 bits per heavy atom. The lowest BCUT2D eigenvalue weighted by Crippen LogP contribution is -2.22. The first-order valence-corrected chi connectivity index (χ1v) is 17.5. The van der Waals surface area contributed by atoms with E-state index in [9.17, 15) is 10.8 Å². The van der Waals surface area contributed by atoms with Crippen molar-refractivity contribution >= 4 is 56.5 Å². The zero-order valence-corrected chi connectivity index (χ0v) is 31.1. The van der Waals surface area contributed by atoms with E-state index in [1.165, 1.54) is 0 Å². The van der Waals surface area contributed by atoms with E-state index in [0.29, 0.717) is 51.1 Å². The van der Waals surface area contributed by atoms with Crippen molar-refractivity contribution < 1.29 is 18.9 Å². The lowest BCUT2D eigenvalue weighted by atomic mass is 9.84. The maximum atomic E-state index is 9.44. The summed E-state index contributed by atoms with van der Waals surface area (Å²) < 4.78 is 22.3. The number of hydrogen-bond donors (Lipinski definition) is 4. The number of ether oxygens (including phenoxy) is 4. The molecule has 278 valence electrons. The standard InChI is InChI=1S/C44H38N8O4/c1-53-31-9-11-35(39(25-31)55-3)37-15-14-34(43(42(37)46)51-49-29-17-21-47-22-18-29)28-7-5-27(6-8-28)33-13-16-38(36-12-10-32(54-2)26-40(36)56-4)44(41(33)45)52-50-30-19-23-48-24-20-30/h5-26,45-46H,1-4H3,(H,47,49)(H,48,50). The smallest absolute Gasteiger partial charge is 0.130 e. The normalized spacial score (nSPS) is 15.4. The number of hydrogen-bond acceptors (Lipinski definition) is 12. The minimum atomic E-state index is 0.211. The Balaban J connectivity index is 1.27. The van der Waals surface area contributed by atoms with Crippen LogP contribution in [-0.2, 0) is 0 Å². The number of aromatic nitrogens is 2. The third-order valence-corrected chi connectivity index (χ3v) is 9.21. The van der Waals surface area contributed by atoms with Gasteiger partial charge in [-0.3, -0.25) is 31.6 Å². The molecule has 5 aromatic rings. The van der Waals surface area contributed by atoms with Crippen molar-refractivity contribution in [3.8, 4) is 23.0 Å². The van der Waals surface area contributed by atoms with Crippen LogP contribution in [0.15, 0.2) is 144 Å². The van der Waals surface area contributed by atoms with E-state index in [0.717, 1.165) is 39.2 Å². The van der Waals surface area contributed by atoms with Gasteiger partial charge >= 0.3 is 0 Å². The number of hydrazone groups is 2. The van der Waals surface area contributed by atoms with Gasteiger partial charge in [0.05, 0.1) is 51.2 Å². The molecule has 2 aliphatic rings. The Kier molecular flexibility index (Phi) is 10.9. The Hall–Kier alpha value is -7.60. The largest absolute Gasteiger partial charge is 0.497 e. The molecule has 7 rings (SSSR count). The lowest BCUT2D eigenvalue weighted by Gasteiger charge is -2.22. The van der Waals surface area contributed by atoms with E-state index in [-0.39, 0.29) is 11.4 Å². The van der Waals surface area contributed by atoms with E-state index < -0.39 is 0 Å². The van der Waals surface area contributed by atoms with Crippen LogP contribution in [0.3, 0.4) is 0 Å². The summed E-state index contributed by atoms with van der Waals surface area (Å²) in [5, 5.41) is 28.3. The molecule has 0 amide bonds. The van der Waals surface area contributed by atoms with E-state index in [4.69, 9.17) is 29.2 Å². The first-order valence-electron chi connectivity index (χ1n) is 17.5. The number of nitrogens with zero attached hydrogens (tertiary/aromatic N) is 4. The number of benzene rings is 3. The van der Waals surface area contributed by atoms with Crippen molar-refractivity contribution in [2.75, 3.05) is 39.3 Å². The van der Waals surface area contributed by atoms with Crippen LogP contribution in [0.5, 0.6) is 23.0 Å². The predicted octanol–water partition coefficient (Wildman–Crippen LogP) is 8.45. The third kappa shape index (κ3) is 7.57. The van der Waals surface area contributed by atoms with Crippen molar-refractivity contribution in [2.45, 2.75) is 0 Å². The minimum absolute atomic E-state index is 0.211. The highest BCUT2D eigenvalue weighted by molar-refractivity contribution is 6.70. The average Bonchev–Trinajstić information content (AvgIpc) is 3.25.